The number of thiol groups is 1. The largest absolute Gasteiger partial charge is 0.460 e. The first-order chi connectivity index (χ1) is 8.22. The number of rotatable bonds is 9. The molecule has 0 saturated heterocycles. The van der Waals surface area contributed by atoms with Crippen molar-refractivity contribution in [2.24, 2.45) is 0 Å². The van der Waals surface area contributed by atoms with Crippen LogP contribution in [-0.4, -0.2) is 59.5 Å². The lowest BCUT2D eigenvalue weighted by atomic mass is 10.3. The van der Waals surface area contributed by atoms with Gasteiger partial charge in [0.05, 0.1) is 6.61 Å². The van der Waals surface area contributed by atoms with Gasteiger partial charge in [0.25, 0.3) is 0 Å². The van der Waals surface area contributed by atoms with Crippen molar-refractivity contribution in [2.75, 3.05) is 38.1 Å². The molecule has 1 unspecified atom stereocenters. The lowest BCUT2D eigenvalue weighted by Gasteiger charge is -2.13. The maximum atomic E-state index is 11.4. The van der Waals surface area contributed by atoms with Crippen LogP contribution in [0.4, 0.5) is 0 Å². The van der Waals surface area contributed by atoms with Crippen molar-refractivity contribution in [3.63, 3.8) is 0 Å². The zero-order chi connectivity index (χ0) is 14.2. The molecule has 0 rings (SSSR count). The van der Waals surface area contributed by atoms with Crippen molar-refractivity contribution < 1.29 is 23.6 Å². The zero-order valence-electron chi connectivity index (χ0n) is 11.3. The fraction of sp³-hybridized carbons (Fsp3) is 0.750. The summed E-state index contributed by atoms with van der Waals surface area (Å²) in [5.74, 6) is 0.111. The van der Waals surface area contributed by atoms with Gasteiger partial charge in [0.1, 0.15) is 12.7 Å². The summed E-state index contributed by atoms with van der Waals surface area (Å²) in [5.41, 5.74) is 0.296. The molecule has 1 atom stereocenters. The smallest absolute Gasteiger partial charge is 0.333 e. The predicted octanol–water partition coefficient (Wildman–Crippen LogP) is 0.150. The average molecular weight is 280 g/mol. The molecule has 0 saturated carbocycles. The summed E-state index contributed by atoms with van der Waals surface area (Å²) >= 11 is 0. The molecule has 1 N–H and O–H groups in total. The van der Waals surface area contributed by atoms with Crippen molar-refractivity contribution in [2.45, 2.75) is 19.4 Å². The van der Waals surface area contributed by atoms with E-state index < -0.39 is 22.0 Å². The summed E-state index contributed by atoms with van der Waals surface area (Å²) in [5, 5.41) is 9.45. The van der Waals surface area contributed by atoms with Gasteiger partial charge in [-0.2, -0.15) is 0 Å². The molecule has 0 aliphatic carbocycles. The van der Waals surface area contributed by atoms with Crippen LogP contribution in [0.15, 0.2) is 12.2 Å². The summed E-state index contributed by atoms with van der Waals surface area (Å²) < 4.78 is 21.3. The minimum absolute atomic E-state index is 0.0984. The second-order valence-corrected chi connectivity index (χ2v) is 8.35. The molecule has 5 nitrogen and oxygen atoms in total. The van der Waals surface area contributed by atoms with Gasteiger partial charge in [0.15, 0.2) is 0 Å². The van der Waals surface area contributed by atoms with Gasteiger partial charge in [-0.15, -0.1) is 9.93 Å². The number of hydrogen-bond donors (Lipinski definition) is 2. The molecule has 18 heavy (non-hydrogen) atoms. The van der Waals surface area contributed by atoms with Crippen LogP contribution in [-0.2, 0) is 24.2 Å². The molecule has 0 aromatic carbocycles. The maximum Gasteiger partial charge on any atom is 0.333 e. The van der Waals surface area contributed by atoms with Crippen LogP contribution >= 0.6 is 0 Å². The molecule has 0 heterocycles. The molecule has 0 bridgehead atoms. The number of carbonyl (C=O) groups is 1. The molecule has 0 aromatic heterocycles. The standard InChI is InChI=1S/C12H24O5S/c1-10(2)12(14)17-9-11(13)8-16-6-5-7-18(3,4)15/h11,13,18H,1,5-9H2,2-4H3. The van der Waals surface area contributed by atoms with Crippen LogP contribution in [0.3, 0.4) is 0 Å². The first-order valence-corrected chi connectivity index (χ1v) is 8.63. The van der Waals surface area contributed by atoms with Gasteiger partial charge in [-0.25, -0.2) is 4.79 Å². The normalized spacial score (nSPS) is 14.0. The Morgan fingerprint density at radius 3 is 2.50 bits per heavy atom. The SMILES string of the molecule is C=C(C)C(=O)OCC(O)COCCC[SH](C)(C)=O. The van der Waals surface area contributed by atoms with E-state index in [9.17, 15) is 14.1 Å². The lowest BCUT2D eigenvalue weighted by Crippen LogP contribution is -2.24. The summed E-state index contributed by atoms with van der Waals surface area (Å²) in [7, 11) is -1.99. The van der Waals surface area contributed by atoms with Crippen LogP contribution in [0.25, 0.3) is 0 Å². The van der Waals surface area contributed by atoms with Crippen molar-refractivity contribution in [1.29, 1.82) is 0 Å². The van der Waals surface area contributed by atoms with Crippen molar-refractivity contribution in [1.82, 2.24) is 0 Å². The molecule has 0 aliphatic rings. The Hall–Kier alpha value is -0.720. The molecule has 0 fully saturated rings. The van der Waals surface area contributed by atoms with E-state index in [4.69, 9.17) is 9.47 Å². The fourth-order valence-corrected chi connectivity index (χ4v) is 2.00. The topological polar surface area (TPSA) is 72.8 Å². The Balaban J connectivity index is 3.54. The van der Waals surface area contributed by atoms with E-state index in [0.29, 0.717) is 24.4 Å². The molecule has 108 valence electrons. The Bertz CT molecular complexity index is 320. The molecule has 0 spiro atoms. The van der Waals surface area contributed by atoms with Crippen molar-refractivity contribution in [3.05, 3.63) is 12.2 Å². The summed E-state index contributed by atoms with van der Waals surface area (Å²) in [4.78, 5) is 11.0. The van der Waals surface area contributed by atoms with Crippen molar-refractivity contribution in [3.8, 4) is 0 Å². The van der Waals surface area contributed by atoms with E-state index in [1.54, 1.807) is 19.4 Å². The fourth-order valence-electron chi connectivity index (χ4n) is 1.11. The van der Waals surface area contributed by atoms with Gasteiger partial charge in [-0.1, -0.05) is 6.58 Å². The Morgan fingerprint density at radius 2 is 2.00 bits per heavy atom. The quantitative estimate of drug-likeness (QED) is 0.272. The molecular formula is C12H24O5S. The number of aliphatic hydroxyl groups is 1. The third-order valence-electron chi connectivity index (χ3n) is 2.05. The predicted molar refractivity (Wildman–Crippen MR) is 73.5 cm³/mol. The van der Waals surface area contributed by atoms with Crippen molar-refractivity contribution >= 4 is 15.9 Å². The molecule has 6 heteroatoms. The highest BCUT2D eigenvalue weighted by atomic mass is 32.2. The monoisotopic (exact) mass is 280 g/mol. The zero-order valence-corrected chi connectivity index (χ0v) is 12.2. The van der Waals surface area contributed by atoms with Gasteiger partial charge >= 0.3 is 5.97 Å². The highest BCUT2D eigenvalue weighted by Gasteiger charge is 2.09. The molecular weight excluding hydrogens is 256 g/mol. The Kier molecular flexibility index (Phi) is 8.06. The van der Waals surface area contributed by atoms with Crippen LogP contribution in [0.5, 0.6) is 0 Å². The molecule has 0 radical (unpaired) electrons. The van der Waals surface area contributed by atoms with E-state index in [1.807, 2.05) is 0 Å². The van der Waals surface area contributed by atoms with Gasteiger partial charge < -0.3 is 14.6 Å². The van der Waals surface area contributed by atoms with Crippen LogP contribution in [0.2, 0.25) is 0 Å². The van der Waals surface area contributed by atoms with Crippen LogP contribution in [0, 0.1) is 0 Å². The molecule has 0 aromatic rings. The first kappa shape index (κ1) is 17.3. The highest BCUT2D eigenvalue weighted by molar-refractivity contribution is 8.01. The number of esters is 1. The second-order valence-electron chi connectivity index (χ2n) is 4.76. The number of aliphatic hydroxyl groups excluding tert-OH is 1. The number of carbonyl (C=O) groups excluding carboxylic acids is 1. The van der Waals surface area contributed by atoms with Crippen LogP contribution in [0.1, 0.15) is 13.3 Å². The average Bonchev–Trinajstić information content (AvgIpc) is 2.23. The van der Waals surface area contributed by atoms with E-state index in [1.165, 1.54) is 0 Å². The maximum absolute atomic E-state index is 11.4. The van der Waals surface area contributed by atoms with E-state index >= 15 is 0 Å². The number of hydrogen-bond acceptors (Lipinski definition) is 5. The Labute approximate surface area is 110 Å². The molecule has 0 amide bonds. The Morgan fingerprint density at radius 1 is 1.39 bits per heavy atom. The number of ether oxygens (including phenoxy) is 2. The highest BCUT2D eigenvalue weighted by Crippen LogP contribution is 1.98. The summed E-state index contributed by atoms with van der Waals surface area (Å²) in [6.07, 6.45) is 3.32. The lowest BCUT2D eigenvalue weighted by molar-refractivity contribution is -0.143. The van der Waals surface area contributed by atoms with Gasteiger partial charge in [-0.05, 0) is 25.9 Å². The van der Waals surface area contributed by atoms with E-state index in [0.717, 1.165) is 0 Å². The third-order valence-corrected chi connectivity index (χ3v) is 3.44. The van der Waals surface area contributed by atoms with Gasteiger partial charge in [0.2, 0.25) is 0 Å². The summed E-state index contributed by atoms with van der Waals surface area (Å²) in [6, 6.07) is 0. The first-order valence-electron chi connectivity index (χ1n) is 5.85. The molecule has 0 aliphatic heterocycles. The van der Waals surface area contributed by atoms with Gasteiger partial charge in [-0.3, -0.25) is 4.21 Å². The minimum Gasteiger partial charge on any atom is -0.460 e. The minimum atomic E-state index is -1.99. The van der Waals surface area contributed by atoms with Gasteiger partial charge in [0, 0.05) is 17.9 Å². The van der Waals surface area contributed by atoms with E-state index in [-0.39, 0.29) is 13.2 Å². The third kappa shape index (κ3) is 10.4. The summed E-state index contributed by atoms with van der Waals surface area (Å²) in [6.45, 7) is 5.40. The van der Waals surface area contributed by atoms with E-state index in [2.05, 4.69) is 6.58 Å². The second kappa shape index (κ2) is 8.39. The van der Waals surface area contributed by atoms with Crippen LogP contribution < -0.4 is 0 Å².